The maximum atomic E-state index is 10.6. The van der Waals surface area contributed by atoms with Crippen LogP contribution in [0.5, 0.6) is 0 Å². The van der Waals surface area contributed by atoms with Gasteiger partial charge in [-0.1, -0.05) is 0 Å². The Bertz CT molecular complexity index is 128. The molecule has 0 amide bonds. The number of hydrogen-bond donors (Lipinski definition) is 0. The Kier molecular flexibility index (Phi) is 4.41. The summed E-state index contributed by atoms with van der Waals surface area (Å²) in [6.45, 7) is 1.71. The second-order valence-corrected chi connectivity index (χ2v) is 9.62. The van der Waals surface area contributed by atoms with E-state index in [9.17, 15) is 4.79 Å². The van der Waals surface area contributed by atoms with Crippen LogP contribution in [0.3, 0.4) is 0 Å². The van der Waals surface area contributed by atoms with Crippen LogP contribution in [0.25, 0.3) is 0 Å². The molecule has 0 radical (unpaired) electrons. The van der Waals surface area contributed by atoms with E-state index in [1.54, 1.807) is 15.8 Å². The molecule has 0 bridgehead atoms. The molecule has 1 fully saturated rings. The van der Waals surface area contributed by atoms with E-state index in [1.165, 1.54) is 23.7 Å². The van der Waals surface area contributed by atoms with E-state index in [2.05, 4.69) is 0 Å². The maximum absolute atomic E-state index is 10.6. The average Bonchev–Trinajstić information content (AvgIpc) is 2.39. The Morgan fingerprint density at radius 1 is 1.36 bits per heavy atom. The van der Waals surface area contributed by atoms with Gasteiger partial charge in [-0.05, 0) is 0 Å². The van der Waals surface area contributed by atoms with Crippen molar-refractivity contribution in [1.82, 2.24) is 0 Å². The van der Waals surface area contributed by atoms with Crippen LogP contribution >= 0.6 is 19.8 Å². The van der Waals surface area contributed by atoms with Gasteiger partial charge in [-0.15, -0.1) is 0 Å². The summed E-state index contributed by atoms with van der Waals surface area (Å²) in [5, 5.41) is 0. The van der Waals surface area contributed by atoms with E-state index in [0.717, 1.165) is 6.42 Å². The zero-order valence-corrected chi connectivity index (χ0v) is 9.39. The first kappa shape index (κ1) is 9.49. The van der Waals surface area contributed by atoms with Crippen molar-refractivity contribution in [1.29, 1.82) is 0 Å². The first-order chi connectivity index (χ1) is 5.29. The fraction of sp³-hybridized carbons (Fsp3) is 0.889. The number of ketones is 1. The number of carbonyl (C=O) groups excluding carboxylic acids is 1. The van der Waals surface area contributed by atoms with Gasteiger partial charge in [0.1, 0.15) is 0 Å². The molecule has 1 rings (SSSR count). The van der Waals surface area contributed by atoms with Crippen LogP contribution in [0.15, 0.2) is 0 Å². The van der Waals surface area contributed by atoms with E-state index in [4.69, 9.17) is 0 Å². The molecule has 1 aliphatic rings. The molecule has 0 spiro atoms. The van der Waals surface area contributed by atoms with Crippen LogP contribution < -0.4 is 0 Å². The van der Waals surface area contributed by atoms with Gasteiger partial charge < -0.3 is 0 Å². The van der Waals surface area contributed by atoms with Crippen molar-refractivity contribution in [2.45, 2.75) is 32.6 Å². The van der Waals surface area contributed by atoms with Crippen LogP contribution in [-0.4, -0.2) is 19.1 Å². The van der Waals surface area contributed by atoms with Gasteiger partial charge in [0.2, 0.25) is 0 Å². The third kappa shape index (κ3) is 4.09. The predicted molar refractivity (Wildman–Crippen MR) is 57.8 cm³/mol. The van der Waals surface area contributed by atoms with E-state index in [0.29, 0.717) is 5.78 Å². The summed E-state index contributed by atoms with van der Waals surface area (Å²) in [7, 11) is 0. The van der Waals surface area contributed by atoms with Gasteiger partial charge in [-0.3, -0.25) is 0 Å². The molecule has 1 saturated heterocycles. The zero-order valence-electron chi connectivity index (χ0n) is 7.24. The fourth-order valence-electron chi connectivity index (χ4n) is 1.36. The number of halogens is 1. The summed E-state index contributed by atoms with van der Waals surface area (Å²) < 4.78 is 4.59. The molecular formula is C9H17IO. The van der Waals surface area contributed by atoms with Gasteiger partial charge in [0.15, 0.2) is 0 Å². The predicted octanol–water partition coefficient (Wildman–Crippen LogP) is 2.66. The van der Waals surface area contributed by atoms with Crippen molar-refractivity contribution in [3.8, 4) is 0 Å². The van der Waals surface area contributed by atoms with Gasteiger partial charge in [0.25, 0.3) is 0 Å². The molecule has 2 heteroatoms. The summed E-state index contributed by atoms with van der Waals surface area (Å²) in [4.78, 5) is 10.6. The standard InChI is InChI=1S/C9H17IO/c1-9(11)5-4-8-10-6-2-3-7-10/h2-8H2,1H3. The topological polar surface area (TPSA) is 17.1 Å². The third-order valence-electron chi connectivity index (χ3n) is 1.98. The van der Waals surface area contributed by atoms with Crippen molar-refractivity contribution in [3.05, 3.63) is 0 Å². The molecule has 1 nitrogen and oxygen atoms in total. The molecule has 0 aliphatic carbocycles. The summed E-state index contributed by atoms with van der Waals surface area (Å²) >= 11 is -0.452. The minimum atomic E-state index is -0.452. The second kappa shape index (κ2) is 5.12. The monoisotopic (exact) mass is 268 g/mol. The van der Waals surface area contributed by atoms with Gasteiger partial charge in [-0.25, -0.2) is 0 Å². The molecule has 11 heavy (non-hydrogen) atoms. The second-order valence-electron chi connectivity index (χ2n) is 3.15. The SMILES string of the molecule is CC(=O)CCCI1CCCC1. The summed E-state index contributed by atoms with van der Waals surface area (Å²) in [6, 6.07) is 0. The molecule has 0 aromatic rings. The average molecular weight is 268 g/mol. The number of hydrogen-bond acceptors (Lipinski definition) is 1. The quantitative estimate of drug-likeness (QED) is 0.566. The Labute approximate surface area is 76.3 Å². The Morgan fingerprint density at radius 2 is 2.00 bits per heavy atom. The van der Waals surface area contributed by atoms with E-state index >= 15 is 0 Å². The molecule has 0 aromatic heterocycles. The van der Waals surface area contributed by atoms with Gasteiger partial charge in [0, 0.05) is 0 Å². The Balaban J connectivity index is 1.98. The summed E-state index contributed by atoms with van der Waals surface area (Å²) in [6.07, 6.45) is 5.02. The first-order valence-corrected chi connectivity index (χ1v) is 8.94. The fourth-order valence-corrected chi connectivity index (χ4v) is 7.67. The van der Waals surface area contributed by atoms with Crippen molar-refractivity contribution in [3.63, 3.8) is 0 Å². The number of Topliss-reactive ketones (excluding diaryl/α,β-unsaturated/α-hetero) is 1. The van der Waals surface area contributed by atoms with Crippen LogP contribution in [0.2, 0.25) is 0 Å². The van der Waals surface area contributed by atoms with E-state index in [-0.39, 0.29) is 0 Å². The Morgan fingerprint density at radius 3 is 2.55 bits per heavy atom. The number of rotatable bonds is 4. The molecule has 0 saturated carbocycles. The molecule has 0 unspecified atom stereocenters. The summed E-state index contributed by atoms with van der Waals surface area (Å²) in [5.74, 6) is 0.375. The summed E-state index contributed by atoms with van der Waals surface area (Å²) in [5.41, 5.74) is 0. The molecule has 0 atom stereocenters. The zero-order chi connectivity index (χ0) is 8.10. The molecular weight excluding hydrogens is 251 g/mol. The van der Waals surface area contributed by atoms with Gasteiger partial charge in [0.05, 0.1) is 0 Å². The third-order valence-corrected chi connectivity index (χ3v) is 8.85. The van der Waals surface area contributed by atoms with Gasteiger partial charge >= 0.3 is 76.3 Å². The number of alkyl halides is 3. The van der Waals surface area contributed by atoms with Crippen molar-refractivity contribution < 1.29 is 4.79 Å². The van der Waals surface area contributed by atoms with Crippen LogP contribution in [-0.2, 0) is 4.79 Å². The Hall–Kier alpha value is 0.400. The molecule has 1 heterocycles. The van der Waals surface area contributed by atoms with Crippen LogP contribution in [0.4, 0.5) is 0 Å². The van der Waals surface area contributed by atoms with Crippen molar-refractivity contribution in [2.75, 3.05) is 13.3 Å². The van der Waals surface area contributed by atoms with Gasteiger partial charge in [-0.2, -0.15) is 0 Å². The molecule has 0 N–H and O–H groups in total. The molecule has 66 valence electrons. The number of carbonyl (C=O) groups is 1. The first-order valence-electron chi connectivity index (χ1n) is 4.36. The van der Waals surface area contributed by atoms with Crippen molar-refractivity contribution >= 4 is 25.6 Å². The molecule has 1 aliphatic heterocycles. The van der Waals surface area contributed by atoms with E-state index < -0.39 is 19.8 Å². The minimum absolute atomic E-state index is 0.375. The van der Waals surface area contributed by atoms with Crippen LogP contribution in [0, 0.1) is 0 Å². The van der Waals surface area contributed by atoms with Crippen LogP contribution in [0.1, 0.15) is 32.6 Å². The molecule has 0 aromatic carbocycles. The van der Waals surface area contributed by atoms with E-state index in [1.807, 2.05) is 0 Å². The van der Waals surface area contributed by atoms with Crippen molar-refractivity contribution in [2.24, 2.45) is 0 Å². The normalized spacial score (nSPS) is 20.6.